The minimum Gasteiger partial charge on any atom is -0.365 e. The third-order valence-electron chi connectivity index (χ3n) is 3.54. The number of likely N-dealkylation sites (tertiary alicyclic amines) is 1. The van der Waals surface area contributed by atoms with E-state index in [2.05, 4.69) is 0 Å². The van der Waals surface area contributed by atoms with Gasteiger partial charge in [0.25, 0.3) is 5.91 Å². The molecule has 4 nitrogen and oxygen atoms in total. The Hall–Kier alpha value is -0.900. The van der Waals surface area contributed by atoms with Crippen molar-refractivity contribution >= 4 is 11.7 Å². The lowest BCUT2D eigenvalue weighted by Crippen LogP contribution is -2.54. The molecule has 2 N–H and O–H groups in total. The van der Waals surface area contributed by atoms with E-state index in [9.17, 15) is 9.59 Å². The number of rotatable bonds is 4. The Morgan fingerprint density at radius 1 is 1.31 bits per heavy atom. The highest BCUT2D eigenvalue weighted by Crippen LogP contribution is 2.24. The fourth-order valence-corrected chi connectivity index (χ4v) is 2.48. The Labute approximate surface area is 97.4 Å². The van der Waals surface area contributed by atoms with Gasteiger partial charge < -0.3 is 10.2 Å². The largest absolute Gasteiger partial charge is 0.365 e. The summed E-state index contributed by atoms with van der Waals surface area (Å²) in [6.45, 7) is 6.06. The molecule has 0 bridgehead atoms. The number of carbonyl (C=O) groups is 2. The topological polar surface area (TPSA) is 60.2 Å². The van der Waals surface area contributed by atoms with Gasteiger partial charge in [-0.25, -0.2) is 0 Å². The number of hydrogen-bond acceptors (Lipinski definition) is 2. The summed E-state index contributed by atoms with van der Waals surface area (Å²) < 4.78 is 0.692. The minimum atomic E-state index is -0.254. The normalized spacial score (nSPS) is 30.4. The van der Waals surface area contributed by atoms with Crippen LogP contribution in [0.2, 0.25) is 0 Å². The van der Waals surface area contributed by atoms with Crippen LogP contribution < -0.4 is 5.73 Å². The number of Topliss-reactive ketones (excluding diaryl/α,β-unsaturated/α-hetero) is 1. The number of nitrogens with two attached hydrogens (primary N) is 1. The predicted molar refractivity (Wildman–Crippen MR) is 62.5 cm³/mol. The van der Waals surface area contributed by atoms with Gasteiger partial charge >= 0.3 is 0 Å². The van der Waals surface area contributed by atoms with Crippen LogP contribution in [0.1, 0.15) is 26.7 Å². The molecule has 0 saturated carbocycles. The van der Waals surface area contributed by atoms with Crippen molar-refractivity contribution in [2.45, 2.75) is 26.7 Å². The third kappa shape index (κ3) is 3.30. The lowest BCUT2D eigenvalue weighted by molar-refractivity contribution is -0.907. The molecule has 0 radical (unpaired) electrons. The molecular formula is C12H23N2O2+. The number of nitrogens with zero attached hydrogens (tertiary/aromatic N) is 1. The van der Waals surface area contributed by atoms with E-state index < -0.39 is 0 Å². The smallest absolute Gasteiger partial charge is 0.272 e. The summed E-state index contributed by atoms with van der Waals surface area (Å²) in [6.07, 6.45) is 1.78. The number of amides is 1. The molecule has 0 aromatic carbocycles. The lowest BCUT2D eigenvalue weighted by Gasteiger charge is -2.39. The van der Waals surface area contributed by atoms with Crippen LogP contribution in [0.3, 0.4) is 0 Å². The number of likely N-dealkylation sites (N-methyl/N-ethyl adjacent to an activating group) is 1. The second kappa shape index (κ2) is 4.95. The molecule has 92 valence electrons. The quantitative estimate of drug-likeness (QED) is 0.713. The molecule has 0 atom stereocenters. The van der Waals surface area contributed by atoms with Gasteiger partial charge in [-0.1, -0.05) is 13.8 Å². The molecular weight excluding hydrogens is 204 g/mol. The number of primary amides is 1. The molecule has 4 heteroatoms. The molecule has 0 aromatic heterocycles. The second-order valence-electron chi connectivity index (χ2n) is 5.52. The van der Waals surface area contributed by atoms with Gasteiger partial charge in [-0.2, -0.15) is 0 Å². The molecule has 1 heterocycles. The van der Waals surface area contributed by atoms with Crippen molar-refractivity contribution in [2.24, 2.45) is 17.6 Å². The highest BCUT2D eigenvalue weighted by Gasteiger charge is 2.34. The highest BCUT2D eigenvalue weighted by atomic mass is 16.1. The van der Waals surface area contributed by atoms with Gasteiger partial charge in [-0.05, 0) is 0 Å². The highest BCUT2D eigenvalue weighted by molar-refractivity contribution is 5.82. The SMILES string of the molecule is CC(C)C(=O)[C@H]1CC[N@+](C)(CC(N)=O)CC1. The summed E-state index contributed by atoms with van der Waals surface area (Å²) in [4.78, 5) is 22.8. The molecule has 0 unspecified atom stereocenters. The van der Waals surface area contributed by atoms with Crippen molar-refractivity contribution in [1.82, 2.24) is 0 Å². The van der Waals surface area contributed by atoms with Crippen LogP contribution in [0.4, 0.5) is 0 Å². The monoisotopic (exact) mass is 227 g/mol. The first-order valence-corrected chi connectivity index (χ1v) is 5.99. The van der Waals surface area contributed by atoms with Crippen molar-refractivity contribution < 1.29 is 14.1 Å². The first-order valence-electron chi connectivity index (χ1n) is 5.99. The average molecular weight is 227 g/mol. The number of carbonyl (C=O) groups excluding carboxylic acids is 2. The Bertz CT molecular complexity index is 279. The van der Waals surface area contributed by atoms with E-state index in [1.165, 1.54) is 0 Å². The molecule has 0 aromatic rings. The fourth-order valence-electron chi connectivity index (χ4n) is 2.48. The standard InChI is InChI=1S/C12H22N2O2/c1-9(2)12(16)10-4-6-14(3,7-5-10)8-11(13)15/h9-10H,4-8H2,1-3H3,(H-,13,15)/p+1/t10-,14-. The molecule has 1 aliphatic heterocycles. The fraction of sp³-hybridized carbons (Fsp3) is 0.833. The Morgan fingerprint density at radius 2 is 1.81 bits per heavy atom. The zero-order chi connectivity index (χ0) is 12.3. The maximum absolute atomic E-state index is 11.8. The predicted octanol–water partition coefficient (Wildman–Crippen LogP) is 0.553. The van der Waals surface area contributed by atoms with E-state index in [-0.39, 0.29) is 17.7 Å². The van der Waals surface area contributed by atoms with Crippen LogP contribution >= 0.6 is 0 Å². The van der Waals surface area contributed by atoms with Crippen LogP contribution in [0, 0.1) is 11.8 Å². The number of hydrogen-bond donors (Lipinski definition) is 1. The lowest BCUT2D eigenvalue weighted by atomic mass is 9.86. The van der Waals surface area contributed by atoms with Crippen molar-refractivity contribution in [3.8, 4) is 0 Å². The van der Waals surface area contributed by atoms with Crippen LogP contribution in [0.5, 0.6) is 0 Å². The minimum absolute atomic E-state index is 0.123. The Balaban J connectivity index is 2.50. The van der Waals surface area contributed by atoms with Gasteiger partial charge in [0.1, 0.15) is 5.78 Å². The van der Waals surface area contributed by atoms with E-state index in [0.717, 1.165) is 25.9 Å². The van der Waals surface area contributed by atoms with Gasteiger partial charge in [0.05, 0.1) is 20.1 Å². The molecule has 1 fully saturated rings. The summed E-state index contributed by atoms with van der Waals surface area (Å²) >= 11 is 0. The molecule has 16 heavy (non-hydrogen) atoms. The van der Waals surface area contributed by atoms with Crippen molar-refractivity contribution in [3.05, 3.63) is 0 Å². The summed E-state index contributed by atoms with van der Waals surface area (Å²) in [7, 11) is 2.04. The number of ketones is 1. The van der Waals surface area contributed by atoms with Crippen molar-refractivity contribution in [3.63, 3.8) is 0 Å². The first-order chi connectivity index (χ1) is 7.34. The zero-order valence-electron chi connectivity index (χ0n) is 10.5. The Morgan fingerprint density at radius 3 is 2.19 bits per heavy atom. The van der Waals surface area contributed by atoms with Crippen LogP contribution in [-0.4, -0.2) is 42.9 Å². The van der Waals surface area contributed by atoms with Gasteiger partial charge in [-0.3, -0.25) is 9.59 Å². The van der Waals surface area contributed by atoms with Gasteiger partial charge in [-0.15, -0.1) is 0 Å². The average Bonchev–Trinajstić information content (AvgIpc) is 2.16. The van der Waals surface area contributed by atoms with E-state index in [0.29, 0.717) is 16.8 Å². The van der Waals surface area contributed by atoms with E-state index in [1.54, 1.807) is 0 Å². The van der Waals surface area contributed by atoms with E-state index in [1.807, 2.05) is 20.9 Å². The third-order valence-corrected chi connectivity index (χ3v) is 3.54. The van der Waals surface area contributed by atoms with Gasteiger partial charge in [0, 0.05) is 24.7 Å². The second-order valence-corrected chi connectivity index (χ2v) is 5.52. The maximum atomic E-state index is 11.8. The summed E-state index contributed by atoms with van der Waals surface area (Å²) in [6, 6.07) is 0. The maximum Gasteiger partial charge on any atom is 0.272 e. The van der Waals surface area contributed by atoms with Crippen LogP contribution in [0.25, 0.3) is 0 Å². The van der Waals surface area contributed by atoms with Crippen molar-refractivity contribution in [1.29, 1.82) is 0 Å². The van der Waals surface area contributed by atoms with Crippen LogP contribution in [0.15, 0.2) is 0 Å². The molecule has 1 amide bonds. The van der Waals surface area contributed by atoms with E-state index >= 15 is 0 Å². The summed E-state index contributed by atoms with van der Waals surface area (Å²) in [5.41, 5.74) is 5.23. The molecule has 0 spiro atoms. The van der Waals surface area contributed by atoms with Gasteiger partial charge in [0.15, 0.2) is 6.54 Å². The number of quaternary nitrogens is 1. The molecule has 1 aliphatic rings. The van der Waals surface area contributed by atoms with Gasteiger partial charge in [0.2, 0.25) is 0 Å². The molecule has 0 aliphatic carbocycles. The molecule has 1 rings (SSSR count). The van der Waals surface area contributed by atoms with Crippen LogP contribution in [-0.2, 0) is 9.59 Å². The molecule has 1 saturated heterocycles. The number of piperidine rings is 1. The summed E-state index contributed by atoms with van der Waals surface area (Å²) in [5.74, 6) is 0.429. The first kappa shape index (κ1) is 13.2. The Kier molecular flexibility index (Phi) is 4.08. The van der Waals surface area contributed by atoms with Crippen molar-refractivity contribution in [2.75, 3.05) is 26.7 Å². The van der Waals surface area contributed by atoms with E-state index in [4.69, 9.17) is 5.73 Å². The summed E-state index contributed by atoms with van der Waals surface area (Å²) in [5, 5.41) is 0. The zero-order valence-corrected chi connectivity index (χ0v) is 10.5.